The summed E-state index contributed by atoms with van der Waals surface area (Å²) in [5, 5.41) is 0. The Labute approximate surface area is 227 Å². The molecule has 0 N–H and O–H groups in total. The van der Waals surface area contributed by atoms with Crippen molar-refractivity contribution in [1.29, 1.82) is 0 Å². The maximum Gasteiger partial charge on any atom is 0.303 e. The third kappa shape index (κ3) is 8.16. The van der Waals surface area contributed by atoms with Gasteiger partial charge in [-0.3, -0.25) is 9.59 Å². The van der Waals surface area contributed by atoms with Gasteiger partial charge in [0.15, 0.2) is 6.10 Å². The molecule has 1 saturated heterocycles. The molecule has 1 aliphatic rings. The van der Waals surface area contributed by atoms with E-state index in [0.29, 0.717) is 6.61 Å². The maximum atomic E-state index is 12.2. The average molecular weight is 537 g/mol. The van der Waals surface area contributed by atoms with Crippen LogP contribution in [0.3, 0.4) is 0 Å². The highest BCUT2D eigenvalue weighted by Crippen LogP contribution is 2.38. The zero-order valence-electron chi connectivity index (χ0n) is 21.4. The summed E-state index contributed by atoms with van der Waals surface area (Å²) in [6.45, 7) is 3.16. The molecule has 1 heterocycles. The monoisotopic (exact) mass is 536 g/mol. The van der Waals surface area contributed by atoms with Crippen LogP contribution >= 0.6 is 11.8 Å². The van der Waals surface area contributed by atoms with Gasteiger partial charge in [-0.25, -0.2) is 0 Å². The lowest BCUT2D eigenvalue weighted by molar-refractivity contribution is -0.246. The van der Waals surface area contributed by atoms with E-state index in [1.165, 1.54) is 25.6 Å². The van der Waals surface area contributed by atoms with Crippen LogP contribution in [0.5, 0.6) is 0 Å². The van der Waals surface area contributed by atoms with E-state index in [9.17, 15) is 9.59 Å². The van der Waals surface area contributed by atoms with Gasteiger partial charge >= 0.3 is 11.9 Å². The van der Waals surface area contributed by atoms with Crippen LogP contribution in [0, 0.1) is 0 Å². The van der Waals surface area contributed by atoms with Gasteiger partial charge in [-0.15, -0.1) is 0 Å². The number of thioether (sulfide) groups is 1. The summed E-state index contributed by atoms with van der Waals surface area (Å²) in [6, 6.07) is 29.4. The fourth-order valence-electron chi connectivity index (χ4n) is 4.17. The second-order valence-corrected chi connectivity index (χ2v) is 10.0. The molecular weight excluding hydrogens is 504 g/mol. The molecule has 0 aliphatic carbocycles. The van der Waals surface area contributed by atoms with Crippen LogP contribution in [0.15, 0.2) is 95.9 Å². The Balaban J connectivity index is 1.67. The summed E-state index contributed by atoms with van der Waals surface area (Å²) in [5.41, 5.74) is 1.42. The van der Waals surface area contributed by atoms with Crippen molar-refractivity contribution in [3.05, 3.63) is 102 Å². The maximum absolute atomic E-state index is 12.2. The Kier molecular flexibility index (Phi) is 10.3. The van der Waals surface area contributed by atoms with E-state index < -0.39 is 41.8 Å². The SMILES string of the molecule is CC(=O)OC[C@@H]1O[C@@H](Sc2ccccc2)[C@H](OCc2ccccc2)[C@@H](OCc2ccccc2)[C@H]1OC(C)=O. The van der Waals surface area contributed by atoms with E-state index in [1.807, 2.05) is 91.0 Å². The van der Waals surface area contributed by atoms with Crippen LogP contribution in [0.25, 0.3) is 0 Å². The van der Waals surface area contributed by atoms with Crippen molar-refractivity contribution in [3.8, 4) is 0 Å². The van der Waals surface area contributed by atoms with E-state index in [0.717, 1.165) is 16.0 Å². The highest BCUT2D eigenvalue weighted by Gasteiger charge is 2.50. The Morgan fingerprint density at radius 1 is 0.711 bits per heavy atom. The molecule has 200 valence electrons. The number of carbonyl (C=O) groups is 2. The summed E-state index contributed by atoms with van der Waals surface area (Å²) < 4.78 is 30.4. The molecule has 0 spiro atoms. The number of carbonyl (C=O) groups excluding carboxylic acids is 2. The lowest BCUT2D eigenvalue weighted by Gasteiger charge is -2.45. The number of rotatable bonds is 11. The number of benzene rings is 3. The molecule has 7 nitrogen and oxygen atoms in total. The molecule has 8 heteroatoms. The van der Waals surface area contributed by atoms with E-state index in [4.69, 9.17) is 23.7 Å². The molecule has 3 aromatic rings. The molecule has 0 saturated carbocycles. The minimum Gasteiger partial charge on any atom is -0.463 e. The molecule has 0 aromatic heterocycles. The zero-order chi connectivity index (χ0) is 26.7. The predicted molar refractivity (Wildman–Crippen MR) is 143 cm³/mol. The van der Waals surface area contributed by atoms with Crippen molar-refractivity contribution in [3.63, 3.8) is 0 Å². The highest BCUT2D eigenvalue weighted by atomic mass is 32.2. The van der Waals surface area contributed by atoms with E-state index in [2.05, 4.69) is 0 Å². The second kappa shape index (κ2) is 14.1. The van der Waals surface area contributed by atoms with Crippen molar-refractivity contribution in [1.82, 2.24) is 0 Å². The summed E-state index contributed by atoms with van der Waals surface area (Å²) in [4.78, 5) is 24.8. The van der Waals surface area contributed by atoms with Gasteiger partial charge in [0.1, 0.15) is 30.4 Å². The average Bonchev–Trinajstić information content (AvgIpc) is 2.92. The van der Waals surface area contributed by atoms with Gasteiger partial charge in [0.2, 0.25) is 0 Å². The van der Waals surface area contributed by atoms with Gasteiger partial charge in [-0.05, 0) is 23.3 Å². The minimum atomic E-state index is -0.857. The molecule has 1 aliphatic heterocycles. The first-order chi connectivity index (χ1) is 18.5. The van der Waals surface area contributed by atoms with Gasteiger partial charge < -0.3 is 23.7 Å². The summed E-state index contributed by atoms with van der Waals surface area (Å²) in [6.07, 6.45) is -2.91. The van der Waals surface area contributed by atoms with Crippen molar-refractivity contribution in [2.24, 2.45) is 0 Å². The zero-order valence-corrected chi connectivity index (χ0v) is 22.3. The fraction of sp³-hybridized carbons (Fsp3) is 0.333. The molecule has 3 aromatic carbocycles. The first-order valence-electron chi connectivity index (χ1n) is 12.5. The van der Waals surface area contributed by atoms with Crippen LogP contribution in [0.4, 0.5) is 0 Å². The van der Waals surface area contributed by atoms with Crippen molar-refractivity contribution in [2.45, 2.75) is 61.8 Å². The van der Waals surface area contributed by atoms with Crippen LogP contribution in [0.2, 0.25) is 0 Å². The lowest BCUT2D eigenvalue weighted by Crippen LogP contribution is -2.60. The molecule has 5 atom stereocenters. The van der Waals surface area contributed by atoms with E-state index >= 15 is 0 Å². The lowest BCUT2D eigenvalue weighted by atomic mass is 9.99. The molecule has 0 unspecified atom stereocenters. The van der Waals surface area contributed by atoms with E-state index in [1.54, 1.807) is 0 Å². The van der Waals surface area contributed by atoms with Gasteiger partial charge in [0.05, 0.1) is 13.2 Å². The highest BCUT2D eigenvalue weighted by molar-refractivity contribution is 7.99. The van der Waals surface area contributed by atoms with Crippen molar-refractivity contribution < 1.29 is 33.3 Å². The second-order valence-electron chi connectivity index (χ2n) is 8.87. The smallest absolute Gasteiger partial charge is 0.303 e. The Bertz CT molecular complexity index is 1140. The third-order valence-electron chi connectivity index (χ3n) is 5.91. The Morgan fingerprint density at radius 2 is 1.24 bits per heavy atom. The molecular formula is C30H32O7S. The number of ether oxygens (including phenoxy) is 5. The molecule has 4 rings (SSSR count). The molecule has 1 fully saturated rings. The fourth-order valence-corrected chi connectivity index (χ4v) is 5.32. The Morgan fingerprint density at radius 3 is 1.76 bits per heavy atom. The third-order valence-corrected chi connectivity index (χ3v) is 7.07. The first-order valence-corrected chi connectivity index (χ1v) is 13.4. The molecule has 0 bridgehead atoms. The first kappa shape index (κ1) is 27.9. The number of hydrogen-bond donors (Lipinski definition) is 0. The van der Waals surface area contributed by atoms with Crippen LogP contribution in [-0.2, 0) is 46.5 Å². The normalized spacial score (nSPS) is 22.9. The molecule has 0 amide bonds. The summed E-state index contributed by atoms with van der Waals surface area (Å²) in [5.74, 6) is -0.942. The van der Waals surface area contributed by atoms with E-state index in [-0.39, 0.29) is 13.2 Å². The summed E-state index contributed by atoms with van der Waals surface area (Å²) >= 11 is 1.48. The van der Waals surface area contributed by atoms with Gasteiger partial charge in [0.25, 0.3) is 0 Å². The largest absolute Gasteiger partial charge is 0.463 e. The number of esters is 2. The predicted octanol–water partition coefficient (Wildman–Crippen LogP) is 5.17. The number of hydrogen-bond acceptors (Lipinski definition) is 8. The minimum absolute atomic E-state index is 0.0876. The molecule has 38 heavy (non-hydrogen) atoms. The van der Waals surface area contributed by atoms with Crippen molar-refractivity contribution >= 4 is 23.7 Å². The topological polar surface area (TPSA) is 80.3 Å². The molecule has 0 radical (unpaired) electrons. The summed E-state index contributed by atoms with van der Waals surface area (Å²) in [7, 11) is 0. The van der Waals surface area contributed by atoms with Crippen LogP contribution < -0.4 is 0 Å². The quantitative estimate of drug-likeness (QED) is 0.311. The van der Waals surface area contributed by atoms with Gasteiger partial charge in [-0.2, -0.15) is 0 Å². The van der Waals surface area contributed by atoms with Gasteiger partial charge in [0, 0.05) is 18.7 Å². The Hall–Kier alpha value is -3.17. The standard InChI is InChI=1S/C30H32O7S/c1-21(31)33-20-26-27(36-22(2)32)28(34-18-23-12-6-3-7-13-23)29(35-19-24-14-8-4-9-15-24)30(37-26)38-25-16-10-5-11-17-25/h3-17,26-30H,18-20H2,1-2H3/t26-,27-,28-,29+,30-/m0/s1. The van der Waals surface area contributed by atoms with Crippen LogP contribution in [-0.4, -0.2) is 48.4 Å². The van der Waals surface area contributed by atoms with Crippen molar-refractivity contribution in [2.75, 3.05) is 6.61 Å². The van der Waals surface area contributed by atoms with Gasteiger partial charge in [-0.1, -0.05) is 90.6 Å². The van der Waals surface area contributed by atoms with Crippen LogP contribution in [0.1, 0.15) is 25.0 Å².